The van der Waals surface area contributed by atoms with Crippen molar-refractivity contribution in [3.05, 3.63) is 71.9 Å². The lowest BCUT2D eigenvalue weighted by atomic mass is 9.89. The Morgan fingerprint density at radius 3 is 2.47 bits per heavy atom. The molecule has 0 aliphatic heterocycles. The first-order valence-corrected chi connectivity index (χ1v) is 11.4. The zero-order valence-corrected chi connectivity index (χ0v) is 18.5. The van der Waals surface area contributed by atoms with E-state index in [0.717, 1.165) is 42.5 Å². The molecule has 2 amide bonds. The molecule has 1 aliphatic rings. The number of para-hydroxylation sites is 1. The summed E-state index contributed by atoms with van der Waals surface area (Å²) >= 11 is 0. The van der Waals surface area contributed by atoms with Crippen LogP contribution in [0.1, 0.15) is 48.0 Å². The molecule has 32 heavy (non-hydrogen) atoms. The molecule has 6 nitrogen and oxygen atoms in total. The van der Waals surface area contributed by atoms with E-state index >= 15 is 0 Å². The fraction of sp³-hybridized carbons (Fsp3) is 0.346. The maximum Gasteiger partial charge on any atom is 0.255 e. The fourth-order valence-corrected chi connectivity index (χ4v) is 4.22. The zero-order valence-electron chi connectivity index (χ0n) is 18.5. The van der Waals surface area contributed by atoms with Crippen LogP contribution in [-0.4, -0.2) is 34.7 Å². The van der Waals surface area contributed by atoms with Crippen LogP contribution < -0.4 is 10.6 Å². The third kappa shape index (κ3) is 5.25. The van der Waals surface area contributed by atoms with Crippen LogP contribution in [-0.2, 0) is 4.79 Å². The monoisotopic (exact) mass is 430 g/mol. The molecule has 1 aromatic heterocycles. The number of nitrogens with one attached hydrogen (secondary N) is 2. The van der Waals surface area contributed by atoms with E-state index in [1.807, 2.05) is 61.5 Å². The summed E-state index contributed by atoms with van der Waals surface area (Å²) in [5, 5.41) is 10.6. The van der Waals surface area contributed by atoms with Crippen LogP contribution in [0.25, 0.3) is 16.9 Å². The standard InChI is InChI=1S/C26H30N4O2/c1-19-9-8-12-21(17-19)24-23(18-30(29-24)22-13-6-3-7-14-22)26(32)28-16-15-27-25(31)20-10-4-2-5-11-20/h3,6-9,12-14,17-18,20H,2,4-5,10-11,15-16H2,1H3,(H,27,31)(H,28,32). The fourth-order valence-electron chi connectivity index (χ4n) is 4.22. The highest BCUT2D eigenvalue weighted by molar-refractivity contribution is 6.00. The number of aryl methyl sites for hydroxylation is 1. The van der Waals surface area contributed by atoms with E-state index in [4.69, 9.17) is 5.10 Å². The van der Waals surface area contributed by atoms with E-state index in [2.05, 4.69) is 10.6 Å². The Balaban J connectivity index is 1.45. The Kier molecular flexibility index (Phi) is 7.00. The number of hydrogen-bond acceptors (Lipinski definition) is 3. The van der Waals surface area contributed by atoms with Crippen LogP contribution in [0.5, 0.6) is 0 Å². The van der Waals surface area contributed by atoms with Gasteiger partial charge in [0.15, 0.2) is 0 Å². The smallest absolute Gasteiger partial charge is 0.255 e. The Bertz CT molecular complexity index is 1070. The van der Waals surface area contributed by atoms with Crippen molar-refractivity contribution in [2.75, 3.05) is 13.1 Å². The van der Waals surface area contributed by atoms with Gasteiger partial charge in [-0.25, -0.2) is 4.68 Å². The zero-order chi connectivity index (χ0) is 22.3. The summed E-state index contributed by atoms with van der Waals surface area (Å²) in [6, 6.07) is 17.7. The number of carbonyl (C=O) groups excluding carboxylic acids is 2. The van der Waals surface area contributed by atoms with E-state index in [0.29, 0.717) is 24.3 Å². The van der Waals surface area contributed by atoms with Gasteiger partial charge >= 0.3 is 0 Å². The van der Waals surface area contributed by atoms with Crippen LogP contribution >= 0.6 is 0 Å². The molecule has 1 saturated carbocycles. The average Bonchev–Trinajstić information content (AvgIpc) is 3.28. The van der Waals surface area contributed by atoms with E-state index in [-0.39, 0.29) is 17.7 Å². The molecule has 2 aromatic carbocycles. The normalized spacial score (nSPS) is 14.2. The molecule has 3 aromatic rings. The second kappa shape index (κ2) is 10.3. The molecule has 4 rings (SSSR count). The third-order valence-electron chi connectivity index (χ3n) is 5.96. The number of carbonyl (C=O) groups is 2. The van der Waals surface area contributed by atoms with E-state index in [9.17, 15) is 9.59 Å². The van der Waals surface area contributed by atoms with Crippen LogP contribution in [0.4, 0.5) is 0 Å². The summed E-state index contributed by atoms with van der Waals surface area (Å²) in [5.74, 6) is 0.0309. The van der Waals surface area contributed by atoms with Crippen molar-refractivity contribution in [2.24, 2.45) is 5.92 Å². The number of benzene rings is 2. The second-order valence-electron chi connectivity index (χ2n) is 8.42. The van der Waals surface area contributed by atoms with Gasteiger partial charge in [-0.2, -0.15) is 5.10 Å². The van der Waals surface area contributed by atoms with Gasteiger partial charge in [0.25, 0.3) is 5.91 Å². The molecular weight excluding hydrogens is 400 g/mol. The van der Waals surface area contributed by atoms with Crippen molar-refractivity contribution in [1.82, 2.24) is 20.4 Å². The van der Waals surface area contributed by atoms with Gasteiger partial charge in [0.2, 0.25) is 5.91 Å². The number of nitrogens with zero attached hydrogens (tertiary/aromatic N) is 2. The molecule has 166 valence electrons. The summed E-state index contributed by atoms with van der Waals surface area (Å²) in [4.78, 5) is 25.3. The SMILES string of the molecule is Cc1cccc(-c2nn(-c3ccccc3)cc2C(=O)NCCNC(=O)C2CCCCC2)c1. The molecule has 1 aliphatic carbocycles. The van der Waals surface area contributed by atoms with Gasteiger partial charge in [-0.1, -0.05) is 61.2 Å². The van der Waals surface area contributed by atoms with Crippen molar-refractivity contribution in [1.29, 1.82) is 0 Å². The molecule has 2 N–H and O–H groups in total. The topological polar surface area (TPSA) is 76.0 Å². The second-order valence-corrected chi connectivity index (χ2v) is 8.42. The summed E-state index contributed by atoms with van der Waals surface area (Å²) in [5.41, 5.74) is 4.04. The summed E-state index contributed by atoms with van der Waals surface area (Å²) in [6.07, 6.45) is 7.18. The lowest BCUT2D eigenvalue weighted by Gasteiger charge is -2.20. The lowest BCUT2D eigenvalue weighted by Crippen LogP contribution is -2.38. The Labute approximate surface area is 189 Å². The molecule has 0 radical (unpaired) electrons. The highest BCUT2D eigenvalue weighted by Gasteiger charge is 2.21. The van der Waals surface area contributed by atoms with E-state index in [1.165, 1.54) is 6.42 Å². The first-order valence-electron chi connectivity index (χ1n) is 11.4. The minimum atomic E-state index is -0.199. The van der Waals surface area contributed by atoms with Gasteiger partial charge in [-0.3, -0.25) is 9.59 Å². The van der Waals surface area contributed by atoms with Crippen molar-refractivity contribution in [3.8, 4) is 16.9 Å². The maximum atomic E-state index is 13.0. The maximum absolute atomic E-state index is 13.0. The highest BCUT2D eigenvalue weighted by atomic mass is 16.2. The summed E-state index contributed by atoms with van der Waals surface area (Å²) in [7, 11) is 0. The molecule has 0 spiro atoms. The van der Waals surface area contributed by atoms with E-state index < -0.39 is 0 Å². The molecule has 0 atom stereocenters. The van der Waals surface area contributed by atoms with Gasteiger partial charge in [-0.05, 0) is 38.0 Å². The first kappa shape index (κ1) is 21.8. The molecule has 1 heterocycles. The predicted octanol–water partition coefficient (Wildman–Crippen LogP) is 4.27. The Hall–Kier alpha value is -3.41. The van der Waals surface area contributed by atoms with Gasteiger partial charge in [0.1, 0.15) is 5.69 Å². The summed E-state index contributed by atoms with van der Waals surface area (Å²) < 4.78 is 1.73. The lowest BCUT2D eigenvalue weighted by molar-refractivity contribution is -0.125. The van der Waals surface area contributed by atoms with Crippen LogP contribution in [0.15, 0.2) is 60.8 Å². The summed E-state index contributed by atoms with van der Waals surface area (Å²) in [6.45, 7) is 2.82. The van der Waals surface area contributed by atoms with Crippen molar-refractivity contribution in [2.45, 2.75) is 39.0 Å². The number of rotatable bonds is 7. The number of hydrogen-bond donors (Lipinski definition) is 2. The minimum absolute atomic E-state index is 0.108. The molecule has 0 bridgehead atoms. The Morgan fingerprint density at radius 1 is 0.969 bits per heavy atom. The van der Waals surface area contributed by atoms with Crippen LogP contribution in [0, 0.1) is 12.8 Å². The predicted molar refractivity (Wildman–Crippen MR) is 126 cm³/mol. The molecule has 1 fully saturated rings. The van der Waals surface area contributed by atoms with Gasteiger partial charge in [0.05, 0.1) is 11.3 Å². The first-order chi connectivity index (χ1) is 15.6. The molecular formula is C26H30N4O2. The van der Waals surface area contributed by atoms with Crippen molar-refractivity contribution < 1.29 is 9.59 Å². The third-order valence-corrected chi connectivity index (χ3v) is 5.96. The van der Waals surface area contributed by atoms with Crippen molar-refractivity contribution in [3.63, 3.8) is 0 Å². The van der Waals surface area contributed by atoms with Crippen LogP contribution in [0.3, 0.4) is 0 Å². The number of amides is 2. The van der Waals surface area contributed by atoms with Crippen molar-refractivity contribution >= 4 is 11.8 Å². The number of aromatic nitrogens is 2. The molecule has 0 unspecified atom stereocenters. The Morgan fingerprint density at radius 2 is 1.72 bits per heavy atom. The molecule has 0 saturated heterocycles. The minimum Gasteiger partial charge on any atom is -0.354 e. The quantitative estimate of drug-likeness (QED) is 0.550. The van der Waals surface area contributed by atoms with E-state index in [1.54, 1.807) is 10.9 Å². The van der Waals surface area contributed by atoms with Crippen LogP contribution in [0.2, 0.25) is 0 Å². The van der Waals surface area contributed by atoms with Gasteiger partial charge in [-0.15, -0.1) is 0 Å². The largest absolute Gasteiger partial charge is 0.354 e. The molecule has 6 heteroatoms. The highest BCUT2D eigenvalue weighted by Crippen LogP contribution is 2.25. The van der Waals surface area contributed by atoms with Gasteiger partial charge < -0.3 is 10.6 Å². The van der Waals surface area contributed by atoms with Gasteiger partial charge in [0, 0.05) is 30.8 Å². The average molecular weight is 431 g/mol.